The van der Waals surface area contributed by atoms with E-state index in [1.807, 2.05) is 0 Å². The third kappa shape index (κ3) is 2.17. The van der Waals surface area contributed by atoms with Gasteiger partial charge in [0.2, 0.25) is 0 Å². The van der Waals surface area contributed by atoms with E-state index in [2.05, 4.69) is 4.74 Å². The number of hydrogen-bond acceptors (Lipinski definition) is 5. The Morgan fingerprint density at radius 3 is 2.62 bits per heavy atom. The Morgan fingerprint density at radius 1 is 1.56 bits per heavy atom. The fraction of sp³-hybridized carbons (Fsp3) is 0.111. The number of benzene rings is 1. The molecule has 0 unspecified atom stereocenters. The largest absolute Gasteiger partial charge is 0.465 e. The summed E-state index contributed by atoms with van der Waals surface area (Å²) >= 11 is 5.68. The van der Waals surface area contributed by atoms with E-state index in [4.69, 9.17) is 11.6 Å². The highest BCUT2D eigenvalue weighted by molar-refractivity contribution is 6.34. The number of methoxy groups -OCH3 is 1. The van der Waals surface area contributed by atoms with E-state index in [1.165, 1.54) is 0 Å². The Balaban J connectivity index is 3.44. The number of nitro benzene ring substituents is 1. The molecule has 0 radical (unpaired) electrons. The van der Waals surface area contributed by atoms with Gasteiger partial charge in [-0.3, -0.25) is 14.9 Å². The first-order chi connectivity index (χ1) is 7.51. The number of aldehydes is 1. The monoisotopic (exact) mass is 243 g/mol. The van der Waals surface area contributed by atoms with Crippen molar-refractivity contribution in [1.82, 2.24) is 0 Å². The molecule has 1 aromatic rings. The van der Waals surface area contributed by atoms with Gasteiger partial charge < -0.3 is 4.74 Å². The zero-order valence-electron chi connectivity index (χ0n) is 8.10. The van der Waals surface area contributed by atoms with E-state index in [-0.39, 0.29) is 16.1 Å². The van der Waals surface area contributed by atoms with Gasteiger partial charge in [0, 0.05) is 6.07 Å². The van der Waals surface area contributed by atoms with Crippen LogP contribution in [0, 0.1) is 10.1 Å². The van der Waals surface area contributed by atoms with Crippen molar-refractivity contribution in [2.24, 2.45) is 0 Å². The molecule has 6 nitrogen and oxygen atoms in total. The lowest BCUT2D eigenvalue weighted by Gasteiger charge is -2.03. The van der Waals surface area contributed by atoms with Crippen LogP contribution in [0.15, 0.2) is 12.1 Å². The maximum atomic E-state index is 11.2. The summed E-state index contributed by atoms with van der Waals surface area (Å²) < 4.78 is 4.39. The van der Waals surface area contributed by atoms with Crippen LogP contribution in [-0.4, -0.2) is 24.3 Å². The number of esters is 1. The molecule has 0 saturated heterocycles. The molecule has 0 bridgehead atoms. The number of carbonyl (C=O) groups excluding carboxylic acids is 2. The summed E-state index contributed by atoms with van der Waals surface area (Å²) in [5.41, 5.74) is -0.830. The third-order valence-corrected chi connectivity index (χ3v) is 2.16. The van der Waals surface area contributed by atoms with Gasteiger partial charge in [0.25, 0.3) is 5.69 Å². The van der Waals surface area contributed by atoms with Crippen LogP contribution in [0.4, 0.5) is 5.69 Å². The Kier molecular flexibility index (Phi) is 3.57. The van der Waals surface area contributed by atoms with Gasteiger partial charge >= 0.3 is 5.97 Å². The summed E-state index contributed by atoms with van der Waals surface area (Å²) in [5, 5.41) is 10.5. The zero-order chi connectivity index (χ0) is 12.3. The summed E-state index contributed by atoms with van der Waals surface area (Å²) in [5.74, 6) is -0.800. The second-order valence-corrected chi connectivity index (χ2v) is 3.16. The predicted molar refractivity (Wildman–Crippen MR) is 54.8 cm³/mol. The van der Waals surface area contributed by atoms with Gasteiger partial charge in [0.05, 0.1) is 28.2 Å². The Morgan fingerprint density at radius 2 is 2.19 bits per heavy atom. The highest BCUT2D eigenvalue weighted by Crippen LogP contribution is 2.26. The number of ether oxygens (including phenoxy) is 1. The molecular formula is C9H6ClNO5. The van der Waals surface area contributed by atoms with Crippen LogP contribution in [-0.2, 0) is 4.74 Å². The van der Waals surface area contributed by atoms with Gasteiger partial charge in [-0.15, -0.1) is 0 Å². The van der Waals surface area contributed by atoms with Crippen molar-refractivity contribution in [2.45, 2.75) is 0 Å². The van der Waals surface area contributed by atoms with E-state index in [9.17, 15) is 19.7 Å². The zero-order valence-corrected chi connectivity index (χ0v) is 8.85. The molecular weight excluding hydrogens is 238 g/mol. The molecule has 0 amide bonds. The summed E-state index contributed by atoms with van der Waals surface area (Å²) in [6.07, 6.45) is 0.297. The number of hydrogen-bond donors (Lipinski definition) is 0. The van der Waals surface area contributed by atoms with Crippen molar-refractivity contribution in [3.8, 4) is 0 Å². The van der Waals surface area contributed by atoms with Crippen LogP contribution in [0.1, 0.15) is 20.7 Å². The van der Waals surface area contributed by atoms with Gasteiger partial charge in [-0.25, -0.2) is 4.79 Å². The summed E-state index contributed by atoms with van der Waals surface area (Å²) in [6.45, 7) is 0. The molecule has 0 heterocycles. The summed E-state index contributed by atoms with van der Waals surface area (Å²) in [7, 11) is 1.12. The second-order valence-electron chi connectivity index (χ2n) is 2.76. The van der Waals surface area contributed by atoms with Crippen LogP contribution < -0.4 is 0 Å². The minimum Gasteiger partial charge on any atom is -0.465 e. The number of carbonyl (C=O) groups is 2. The lowest BCUT2D eigenvalue weighted by Crippen LogP contribution is -2.05. The highest BCUT2D eigenvalue weighted by atomic mass is 35.5. The topological polar surface area (TPSA) is 86.5 Å². The molecule has 0 fully saturated rings. The number of nitrogens with zero attached hydrogens (tertiary/aromatic N) is 1. The second kappa shape index (κ2) is 4.71. The molecule has 16 heavy (non-hydrogen) atoms. The van der Waals surface area contributed by atoms with E-state index >= 15 is 0 Å². The van der Waals surface area contributed by atoms with Crippen molar-refractivity contribution in [2.75, 3.05) is 7.11 Å². The normalized spacial score (nSPS) is 9.62. The predicted octanol–water partition coefficient (Wildman–Crippen LogP) is 1.85. The fourth-order valence-corrected chi connectivity index (χ4v) is 1.35. The molecule has 0 aliphatic carbocycles. The lowest BCUT2D eigenvalue weighted by atomic mass is 10.1. The van der Waals surface area contributed by atoms with Crippen LogP contribution in [0.5, 0.6) is 0 Å². The smallest absolute Gasteiger partial charge is 0.339 e. The quantitative estimate of drug-likeness (QED) is 0.350. The van der Waals surface area contributed by atoms with Crippen LogP contribution >= 0.6 is 11.6 Å². The van der Waals surface area contributed by atoms with Gasteiger partial charge in [-0.1, -0.05) is 11.6 Å². The van der Waals surface area contributed by atoms with Crippen molar-refractivity contribution >= 4 is 29.5 Å². The van der Waals surface area contributed by atoms with Crippen molar-refractivity contribution < 1.29 is 19.2 Å². The molecule has 1 rings (SSSR count). The first-order valence-corrected chi connectivity index (χ1v) is 4.40. The van der Waals surface area contributed by atoms with E-state index in [0.29, 0.717) is 6.29 Å². The average molecular weight is 244 g/mol. The van der Waals surface area contributed by atoms with Gasteiger partial charge in [0.15, 0.2) is 6.29 Å². The standard InChI is InChI=1S/C9H6ClNO5/c1-16-9(13)6-3-8(11(14)15)5(4-12)2-7(6)10/h2-4H,1H3. The number of nitro groups is 1. The third-order valence-electron chi connectivity index (χ3n) is 1.85. The minimum absolute atomic E-state index is 0.0699. The highest BCUT2D eigenvalue weighted by Gasteiger charge is 2.21. The van der Waals surface area contributed by atoms with Crippen LogP contribution in [0.2, 0.25) is 5.02 Å². The molecule has 0 spiro atoms. The maximum absolute atomic E-state index is 11.2. The summed E-state index contributed by atoms with van der Waals surface area (Å²) in [4.78, 5) is 31.6. The number of halogens is 1. The van der Waals surface area contributed by atoms with Crippen molar-refractivity contribution in [3.63, 3.8) is 0 Å². The molecule has 7 heteroatoms. The number of rotatable bonds is 3. The molecule has 0 aromatic heterocycles. The first kappa shape index (κ1) is 12.1. The van der Waals surface area contributed by atoms with Gasteiger partial charge in [-0.05, 0) is 6.07 Å². The molecule has 0 saturated carbocycles. The molecule has 1 aromatic carbocycles. The van der Waals surface area contributed by atoms with E-state index in [0.717, 1.165) is 19.2 Å². The molecule has 0 N–H and O–H groups in total. The van der Waals surface area contributed by atoms with Crippen LogP contribution in [0.25, 0.3) is 0 Å². The maximum Gasteiger partial charge on any atom is 0.339 e. The SMILES string of the molecule is COC(=O)c1cc([N+](=O)[O-])c(C=O)cc1Cl. The average Bonchev–Trinajstić information content (AvgIpc) is 2.27. The molecule has 0 aliphatic rings. The fourth-order valence-electron chi connectivity index (χ4n) is 1.10. The van der Waals surface area contributed by atoms with Gasteiger partial charge in [0.1, 0.15) is 0 Å². The van der Waals surface area contributed by atoms with Crippen molar-refractivity contribution in [3.05, 3.63) is 38.4 Å². The van der Waals surface area contributed by atoms with E-state index in [1.54, 1.807) is 0 Å². The molecule has 0 aliphatic heterocycles. The first-order valence-electron chi connectivity index (χ1n) is 4.02. The Hall–Kier alpha value is -1.95. The molecule has 84 valence electrons. The Labute approximate surface area is 94.9 Å². The molecule has 0 atom stereocenters. The Bertz CT molecular complexity index is 471. The van der Waals surface area contributed by atoms with Crippen molar-refractivity contribution in [1.29, 1.82) is 0 Å². The van der Waals surface area contributed by atoms with E-state index < -0.39 is 16.6 Å². The minimum atomic E-state index is -0.800. The lowest BCUT2D eigenvalue weighted by molar-refractivity contribution is -0.385. The van der Waals surface area contributed by atoms with Gasteiger partial charge in [-0.2, -0.15) is 0 Å². The summed E-state index contributed by atoms with van der Waals surface area (Å²) in [6, 6.07) is 1.97. The van der Waals surface area contributed by atoms with Crippen LogP contribution in [0.3, 0.4) is 0 Å².